The predicted octanol–water partition coefficient (Wildman–Crippen LogP) is 1.30. The molecule has 2 unspecified atom stereocenters. The topological polar surface area (TPSA) is 49.4 Å². The van der Waals surface area contributed by atoms with E-state index >= 15 is 0 Å². The highest BCUT2D eigenvalue weighted by Gasteiger charge is 2.30. The monoisotopic (exact) mass is 226 g/mol. The Labute approximate surface area is 97.4 Å². The third-order valence-electron chi connectivity index (χ3n) is 3.14. The molecule has 0 spiro atoms. The van der Waals surface area contributed by atoms with Crippen LogP contribution in [0.3, 0.4) is 0 Å². The van der Waals surface area contributed by atoms with E-state index < -0.39 is 0 Å². The van der Waals surface area contributed by atoms with Crippen molar-refractivity contribution in [2.24, 2.45) is 0 Å². The molecule has 1 rings (SSSR count). The summed E-state index contributed by atoms with van der Waals surface area (Å²) in [6, 6.07) is -0.0893. The van der Waals surface area contributed by atoms with Gasteiger partial charge in [0.15, 0.2) is 0 Å². The molecule has 4 nitrogen and oxygen atoms in total. The van der Waals surface area contributed by atoms with Gasteiger partial charge in [-0.2, -0.15) is 0 Å². The van der Waals surface area contributed by atoms with E-state index in [1.54, 1.807) is 6.92 Å². The van der Waals surface area contributed by atoms with Crippen molar-refractivity contribution >= 4 is 11.8 Å². The molecule has 1 saturated heterocycles. The first-order valence-corrected chi connectivity index (χ1v) is 6.20. The van der Waals surface area contributed by atoms with Crippen LogP contribution in [-0.4, -0.2) is 35.3 Å². The summed E-state index contributed by atoms with van der Waals surface area (Å²) in [6.07, 6.45) is 3.47. The number of nitrogens with zero attached hydrogens (tertiary/aromatic N) is 1. The minimum absolute atomic E-state index is 0.0188. The Balaban J connectivity index is 2.75. The molecule has 2 amide bonds. The minimum atomic E-state index is -0.374. The van der Waals surface area contributed by atoms with Gasteiger partial charge in [-0.1, -0.05) is 20.3 Å². The van der Waals surface area contributed by atoms with E-state index in [0.717, 1.165) is 19.3 Å². The van der Waals surface area contributed by atoms with Crippen LogP contribution in [0.25, 0.3) is 0 Å². The van der Waals surface area contributed by atoms with Crippen molar-refractivity contribution < 1.29 is 9.59 Å². The van der Waals surface area contributed by atoms with Crippen molar-refractivity contribution in [1.82, 2.24) is 10.2 Å². The summed E-state index contributed by atoms with van der Waals surface area (Å²) in [6.45, 7) is 6.54. The lowest BCUT2D eigenvalue weighted by molar-refractivity contribution is -0.135. The zero-order chi connectivity index (χ0) is 12.1. The summed E-state index contributed by atoms with van der Waals surface area (Å²) in [5.41, 5.74) is 0. The molecule has 1 fully saturated rings. The Kier molecular flexibility index (Phi) is 4.77. The number of hydrogen-bond donors (Lipinski definition) is 1. The van der Waals surface area contributed by atoms with E-state index in [1.807, 2.05) is 4.90 Å². The lowest BCUT2D eigenvalue weighted by Gasteiger charge is -2.30. The van der Waals surface area contributed by atoms with Crippen LogP contribution in [0.1, 0.15) is 46.5 Å². The van der Waals surface area contributed by atoms with Crippen LogP contribution in [0.2, 0.25) is 0 Å². The Morgan fingerprint density at radius 1 is 1.44 bits per heavy atom. The average molecular weight is 226 g/mol. The van der Waals surface area contributed by atoms with E-state index in [-0.39, 0.29) is 23.9 Å². The quantitative estimate of drug-likeness (QED) is 0.785. The first kappa shape index (κ1) is 13.0. The second kappa shape index (κ2) is 5.87. The second-order valence-corrected chi connectivity index (χ2v) is 4.42. The summed E-state index contributed by atoms with van der Waals surface area (Å²) in [5, 5.41) is 2.71. The lowest BCUT2D eigenvalue weighted by Crippen LogP contribution is -2.46. The van der Waals surface area contributed by atoms with Crippen LogP contribution in [-0.2, 0) is 9.59 Å². The highest BCUT2D eigenvalue weighted by atomic mass is 16.2. The molecule has 92 valence electrons. The Hall–Kier alpha value is -1.06. The van der Waals surface area contributed by atoms with Gasteiger partial charge in [0.05, 0.1) is 0 Å². The number of carbonyl (C=O) groups is 2. The molecule has 1 aliphatic rings. The molecule has 0 aromatic rings. The van der Waals surface area contributed by atoms with E-state index in [2.05, 4.69) is 19.2 Å². The van der Waals surface area contributed by atoms with Gasteiger partial charge in [-0.05, 0) is 19.8 Å². The van der Waals surface area contributed by atoms with E-state index in [0.29, 0.717) is 13.0 Å². The van der Waals surface area contributed by atoms with Gasteiger partial charge in [0, 0.05) is 19.0 Å². The fourth-order valence-electron chi connectivity index (χ4n) is 2.23. The third kappa shape index (κ3) is 2.97. The fourth-order valence-corrected chi connectivity index (χ4v) is 2.23. The van der Waals surface area contributed by atoms with Crippen LogP contribution in [0.15, 0.2) is 0 Å². The zero-order valence-electron chi connectivity index (χ0n) is 10.5. The van der Waals surface area contributed by atoms with Crippen LogP contribution in [0.5, 0.6) is 0 Å². The van der Waals surface area contributed by atoms with Gasteiger partial charge in [0.25, 0.3) is 0 Å². The van der Waals surface area contributed by atoms with E-state index in [4.69, 9.17) is 0 Å². The van der Waals surface area contributed by atoms with Gasteiger partial charge < -0.3 is 10.2 Å². The summed E-state index contributed by atoms with van der Waals surface area (Å²) in [7, 11) is 0. The Morgan fingerprint density at radius 2 is 2.12 bits per heavy atom. The molecular weight excluding hydrogens is 204 g/mol. The highest BCUT2D eigenvalue weighted by Crippen LogP contribution is 2.15. The smallest absolute Gasteiger partial charge is 0.245 e. The summed E-state index contributed by atoms with van der Waals surface area (Å²) in [4.78, 5) is 25.3. The average Bonchev–Trinajstić information content (AvgIpc) is 2.37. The molecular formula is C12H22N2O2. The largest absolute Gasteiger partial charge is 0.345 e. The summed E-state index contributed by atoms with van der Waals surface area (Å²) < 4.78 is 0. The highest BCUT2D eigenvalue weighted by molar-refractivity contribution is 5.89. The number of carbonyl (C=O) groups excluding carboxylic acids is 2. The van der Waals surface area contributed by atoms with Crippen molar-refractivity contribution in [1.29, 1.82) is 0 Å². The summed E-state index contributed by atoms with van der Waals surface area (Å²) >= 11 is 0. The van der Waals surface area contributed by atoms with Gasteiger partial charge in [-0.3, -0.25) is 9.59 Å². The standard InChI is InChI=1S/C12H22N2O2/c1-4-6-10(5-2)14-8-7-11(15)13-9(3)12(14)16/h9-10H,4-8H2,1-3H3,(H,13,15). The first-order chi connectivity index (χ1) is 7.60. The number of amides is 2. The van der Waals surface area contributed by atoms with Crippen molar-refractivity contribution in [3.8, 4) is 0 Å². The number of hydrogen-bond acceptors (Lipinski definition) is 2. The van der Waals surface area contributed by atoms with Gasteiger partial charge in [-0.25, -0.2) is 0 Å². The van der Waals surface area contributed by atoms with Gasteiger partial charge in [0.2, 0.25) is 11.8 Å². The van der Waals surface area contributed by atoms with Gasteiger partial charge >= 0.3 is 0 Å². The number of nitrogens with one attached hydrogen (secondary N) is 1. The van der Waals surface area contributed by atoms with Crippen molar-refractivity contribution in [3.63, 3.8) is 0 Å². The van der Waals surface area contributed by atoms with Crippen LogP contribution in [0.4, 0.5) is 0 Å². The molecule has 16 heavy (non-hydrogen) atoms. The van der Waals surface area contributed by atoms with Crippen LogP contribution >= 0.6 is 0 Å². The fraction of sp³-hybridized carbons (Fsp3) is 0.833. The van der Waals surface area contributed by atoms with E-state index in [9.17, 15) is 9.59 Å². The maximum absolute atomic E-state index is 12.1. The molecule has 4 heteroatoms. The Bertz CT molecular complexity index is 266. The second-order valence-electron chi connectivity index (χ2n) is 4.42. The summed E-state index contributed by atoms with van der Waals surface area (Å²) in [5.74, 6) is 0.0425. The maximum atomic E-state index is 12.1. The molecule has 2 atom stereocenters. The van der Waals surface area contributed by atoms with Crippen molar-refractivity contribution in [2.75, 3.05) is 6.54 Å². The van der Waals surface area contributed by atoms with Gasteiger partial charge in [0.1, 0.15) is 6.04 Å². The van der Waals surface area contributed by atoms with E-state index in [1.165, 1.54) is 0 Å². The molecule has 0 aliphatic carbocycles. The normalized spacial score (nSPS) is 23.9. The van der Waals surface area contributed by atoms with Crippen molar-refractivity contribution in [2.45, 2.75) is 58.5 Å². The molecule has 0 bridgehead atoms. The molecule has 0 aromatic heterocycles. The molecule has 1 aliphatic heterocycles. The third-order valence-corrected chi connectivity index (χ3v) is 3.14. The molecule has 1 N–H and O–H groups in total. The van der Waals surface area contributed by atoms with Crippen LogP contribution < -0.4 is 5.32 Å². The maximum Gasteiger partial charge on any atom is 0.245 e. The first-order valence-electron chi connectivity index (χ1n) is 6.20. The van der Waals surface area contributed by atoms with Gasteiger partial charge in [-0.15, -0.1) is 0 Å². The molecule has 0 radical (unpaired) electrons. The van der Waals surface area contributed by atoms with Crippen LogP contribution in [0, 0.1) is 0 Å². The minimum Gasteiger partial charge on any atom is -0.345 e. The zero-order valence-corrected chi connectivity index (χ0v) is 10.5. The van der Waals surface area contributed by atoms with Crippen molar-refractivity contribution in [3.05, 3.63) is 0 Å². The lowest BCUT2D eigenvalue weighted by atomic mass is 10.1. The predicted molar refractivity (Wildman–Crippen MR) is 62.9 cm³/mol. The number of rotatable bonds is 4. The Morgan fingerprint density at radius 3 is 2.69 bits per heavy atom. The molecule has 0 aromatic carbocycles. The SMILES string of the molecule is CCCC(CC)N1CCC(=O)NC(C)C1=O. The molecule has 1 heterocycles. The molecule has 0 saturated carbocycles.